The molecule has 7 heteroatoms. The van der Waals surface area contributed by atoms with E-state index in [1.165, 1.54) is 16.5 Å². The maximum Gasteiger partial charge on any atom is 0.256 e. The zero-order chi connectivity index (χ0) is 26.6. The average molecular weight is 530 g/mol. The number of nitrogens with zero attached hydrogens (tertiary/aromatic N) is 2. The summed E-state index contributed by atoms with van der Waals surface area (Å²) in [6.45, 7) is 7.16. The van der Waals surface area contributed by atoms with Gasteiger partial charge in [-0.05, 0) is 61.4 Å². The monoisotopic (exact) mass is 529 g/mol. The van der Waals surface area contributed by atoms with Gasteiger partial charge in [-0.25, -0.2) is 4.39 Å². The molecule has 196 valence electrons. The second-order valence-electron chi connectivity index (χ2n) is 9.50. The van der Waals surface area contributed by atoms with E-state index in [4.69, 9.17) is 4.74 Å². The molecule has 1 unspecified atom stereocenters. The highest BCUT2D eigenvalue weighted by molar-refractivity contribution is 7.16. The van der Waals surface area contributed by atoms with Crippen LogP contribution in [0.1, 0.15) is 38.0 Å². The van der Waals surface area contributed by atoms with Gasteiger partial charge >= 0.3 is 0 Å². The smallest absolute Gasteiger partial charge is 0.256 e. The quantitative estimate of drug-likeness (QED) is 0.290. The number of methoxy groups -OCH3 is 1. The number of carbonyl (C=O) groups excluding carboxylic acids is 1. The van der Waals surface area contributed by atoms with Crippen LogP contribution in [0.15, 0.2) is 78.9 Å². The van der Waals surface area contributed by atoms with E-state index in [1.807, 2.05) is 54.6 Å². The molecule has 0 aliphatic carbocycles. The van der Waals surface area contributed by atoms with Crippen LogP contribution >= 0.6 is 11.3 Å². The summed E-state index contributed by atoms with van der Waals surface area (Å²) in [6, 6.07) is 24.3. The van der Waals surface area contributed by atoms with Gasteiger partial charge in [-0.3, -0.25) is 9.69 Å². The second-order valence-corrected chi connectivity index (χ2v) is 10.7. The highest BCUT2D eigenvalue weighted by Gasteiger charge is 2.32. The Kier molecular flexibility index (Phi) is 7.77. The van der Waals surface area contributed by atoms with Crippen molar-refractivity contribution < 1.29 is 13.9 Å². The number of halogens is 1. The maximum atomic E-state index is 14.5. The topological polar surface area (TPSA) is 44.8 Å². The standard InChI is InChI=1S/C31H32FN3O2S/c1-21-22(2)38-31(33-30(36)24-9-5-4-6-10-24)28(21)29(23-13-15-25(37-3)16-14-23)35-19-17-34(18-20-35)27-12-8-7-11-26(27)32/h4-16,29H,17-20H2,1-3H3,(H,33,36). The number of thiophene rings is 1. The molecular weight excluding hydrogens is 497 g/mol. The molecule has 2 heterocycles. The molecule has 1 N–H and O–H groups in total. The Morgan fingerprint density at radius 1 is 0.921 bits per heavy atom. The van der Waals surface area contributed by atoms with Crippen LogP contribution in [0, 0.1) is 19.7 Å². The summed E-state index contributed by atoms with van der Waals surface area (Å²) in [7, 11) is 1.66. The summed E-state index contributed by atoms with van der Waals surface area (Å²) < 4.78 is 19.9. The van der Waals surface area contributed by atoms with Gasteiger partial charge in [0.2, 0.25) is 0 Å². The Bertz CT molecular complexity index is 1400. The molecule has 1 amide bonds. The zero-order valence-corrected chi connectivity index (χ0v) is 22.7. The Morgan fingerprint density at radius 2 is 1.58 bits per heavy atom. The van der Waals surface area contributed by atoms with Crippen molar-refractivity contribution in [3.8, 4) is 5.75 Å². The minimum atomic E-state index is -0.192. The molecule has 1 aromatic heterocycles. The fourth-order valence-corrected chi connectivity index (χ4v) is 6.19. The molecule has 1 aliphatic heterocycles. The van der Waals surface area contributed by atoms with Crippen molar-refractivity contribution >= 4 is 27.9 Å². The number of nitrogens with one attached hydrogen (secondary N) is 1. The predicted molar refractivity (Wildman–Crippen MR) is 153 cm³/mol. The van der Waals surface area contributed by atoms with Crippen LogP contribution in [-0.2, 0) is 0 Å². The van der Waals surface area contributed by atoms with Crippen molar-refractivity contribution in [2.45, 2.75) is 19.9 Å². The first-order valence-electron chi connectivity index (χ1n) is 12.8. The van der Waals surface area contributed by atoms with E-state index >= 15 is 0 Å². The molecule has 1 aliphatic rings. The third kappa shape index (κ3) is 5.30. The van der Waals surface area contributed by atoms with Crippen LogP contribution in [0.2, 0.25) is 0 Å². The summed E-state index contributed by atoms with van der Waals surface area (Å²) in [5.74, 6) is 0.488. The van der Waals surface area contributed by atoms with Gasteiger partial charge in [-0.1, -0.05) is 42.5 Å². The fraction of sp³-hybridized carbons (Fsp3) is 0.258. The molecule has 0 spiro atoms. The number of aryl methyl sites for hydroxylation is 1. The van der Waals surface area contributed by atoms with E-state index < -0.39 is 0 Å². The zero-order valence-electron chi connectivity index (χ0n) is 21.9. The Labute approximate surface area is 227 Å². The summed E-state index contributed by atoms with van der Waals surface area (Å²) in [6.07, 6.45) is 0. The molecule has 4 aromatic rings. The van der Waals surface area contributed by atoms with Gasteiger partial charge in [0.25, 0.3) is 5.91 Å². The molecule has 1 atom stereocenters. The molecule has 0 bridgehead atoms. The molecule has 1 saturated heterocycles. The van der Waals surface area contributed by atoms with E-state index in [1.54, 1.807) is 24.5 Å². The number of ether oxygens (including phenoxy) is 1. The van der Waals surface area contributed by atoms with Crippen LogP contribution in [0.25, 0.3) is 0 Å². The Morgan fingerprint density at radius 3 is 2.24 bits per heavy atom. The minimum absolute atomic E-state index is 0.0697. The number of carbonyl (C=O) groups is 1. The molecule has 38 heavy (non-hydrogen) atoms. The molecule has 5 rings (SSSR count). The lowest BCUT2D eigenvalue weighted by Crippen LogP contribution is -2.48. The van der Waals surface area contributed by atoms with Crippen molar-refractivity contribution in [1.82, 2.24) is 4.90 Å². The maximum absolute atomic E-state index is 14.5. The highest BCUT2D eigenvalue weighted by Crippen LogP contribution is 2.43. The van der Waals surface area contributed by atoms with Crippen LogP contribution < -0.4 is 15.0 Å². The molecular formula is C31H32FN3O2S. The second kappa shape index (κ2) is 11.4. The summed E-state index contributed by atoms with van der Waals surface area (Å²) in [4.78, 5) is 18.9. The first-order chi connectivity index (χ1) is 18.5. The number of benzene rings is 3. The lowest BCUT2D eigenvalue weighted by molar-refractivity contribution is 0.102. The fourth-order valence-electron chi connectivity index (χ4n) is 5.11. The Hall–Kier alpha value is -3.68. The normalized spacial score (nSPS) is 14.8. The van der Waals surface area contributed by atoms with Gasteiger partial charge in [0.05, 0.1) is 18.8 Å². The molecule has 5 nitrogen and oxygen atoms in total. The van der Waals surface area contributed by atoms with E-state index in [9.17, 15) is 9.18 Å². The van der Waals surface area contributed by atoms with Gasteiger partial charge in [0.15, 0.2) is 0 Å². The molecule has 1 fully saturated rings. The van der Waals surface area contributed by atoms with Gasteiger partial charge in [0, 0.05) is 42.2 Å². The van der Waals surface area contributed by atoms with Crippen molar-refractivity contribution in [3.63, 3.8) is 0 Å². The van der Waals surface area contributed by atoms with Crippen molar-refractivity contribution in [2.24, 2.45) is 0 Å². The lowest BCUT2D eigenvalue weighted by atomic mass is 9.94. The van der Waals surface area contributed by atoms with Gasteiger partial charge < -0.3 is 15.0 Å². The molecule has 0 radical (unpaired) electrons. The lowest BCUT2D eigenvalue weighted by Gasteiger charge is -2.41. The van der Waals surface area contributed by atoms with Crippen LogP contribution in [0.4, 0.5) is 15.1 Å². The summed E-state index contributed by atoms with van der Waals surface area (Å²) >= 11 is 1.61. The first kappa shape index (κ1) is 25.9. The number of hydrogen-bond acceptors (Lipinski definition) is 5. The number of piperazine rings is 1. The van der Waals surface area contributed by atoms with E-state index in [-0.39, 0.29) is 17.8 Å². The SMILES string of the molecule is COc1ccc(C(c2c(NC(=O)c3ccccc3)sc(C)c2C)N2CCN(c3ccccc3F)CC2)cc1. The first-order valence-corrected chi connectivity index (χ1v) is 13.6. The van der Waals surface area contributed by atoms with Gasteiger partial charge in [0.1, 0.15) is 16.6 Å². The Balaban J connectivity index is 1.49. The van der Waals surface area contributed by atoms with E-state index in [0.717, 1.165) is 35.0 Å². The van der Waals surface area contributed by atoms with Gasteiger partial charge in [-0.15, -0.1) is 11.3 Å². The number of anilines is 2. The third-order valence-corrected chi connectivity index (χ3v) is 8.41. The number of rotatable bonds is 7. The van der Waals surface area contributed by atoms with Crippen molar-refractivity contribution in [3.05, 3.63) is 112 Å². The van der Waals surface area contributed by atoms with Crippen molar-refractivity contribution in [1.29, 1.82) is 0 Å². The average Bonchev–Trinajstić information content (AvgIpc) is 3.22. The number of hydrogen-bond donors (Lipinski definition) is 1. The molecule has 3 aromatic carbocycles. The van der Waals surface area contributed by atoms with Crippen molar-refractivity contribution in [2.75, 3.05) is 43.5 Å². The minimum Gasteiger partial charge on any atom is -0.497 e. The predicted octanol–water partition coefficient (Wildman–Crippen LogP) is 6.68. The third-order valence-electron chi connectivity index (χ3n) is 7.27. The number of para-hydroxylation sites is 1. The van der Waals surface area contributed by atoms with Gasteiger partial charge in [-0.2, -0.15) is 0 Å². The summed E-state index contributed by atoms with van der Waals surface area (Å²) in [5.41, 5.74) is 4.69. The van der Waals surface area contributed by atoms with Crippen LogP contribution in [-0.4, -0.2) is 44.1 Å². The van der Waals surface area contributed by atoms with Crippen LogP contribution in [0.3, 0.4) is 0 Å². The molecule has 0 saturated carbocycles. The van der Waals surface area contributed by atoms with E-state index in [2.05, 4.69) is 41.1 Å². The summed E-state index contributed by atoms with van der Waals surface area (Å²) in [5, 5.41) is 4.08. The number of amides is 1. The van der Waals surface area contributed by atoms with Crippen LogP contribution in [0.5, 0.6) is 5.75 Å². The van der Waals surface area contributed by atoms with E-state index in [0.29, 0.717) is 24.3 Å². The largest absolute Gasteiger partial charge is 0.497 e. The highest BCUT2D eigenvalue weighted by atomic mass is 32.1.